The molecule has 1 heterocycles. The van der Waals surface area contributed by atoms with Crippen molar-refractivity contribution < 1.29 is 4.79 Å². The Bertz CT molecular complexity index is 484. The number of aromatic nitrogens is 1. The molecule has 0 radical (unpaired) electrons. The lowest BCUT2D eigenvalue weighted by atomic mass is 10.2. The molecule has 0 aliphatic carbocycles. The summed E-state index contributed by atoms with van der Waals surface area (Å²) in [4.78, 5) is 15.8. The van der Waals surface area contributed by atoms with Crippen LogP contribution in [0.1, 0.15) is 16.1 Å². The molecule has 0 aliphatic rings. The third-order valence-corrected chi connectivity index (χ3v) is 3.00. The number of nitrogens with one attached hydrogen (secondary N) is 1. The SMILES string of the molecule is O=C(NCc1cscn1)c1ccccc1Cl. The fourth-order valence-electron chi connectivity index (χ4n) is 1.24. The standard InChI is InChI=1S/C11H9ClN2OS/c12-10-4-2-1-3-9(10)11(15)13-5-8-6-16-7-14-8/h1-4,6-7H,5H2,(H,13,15). The molecule has 1 amide bonds. The van der Waals surface area contributed by atoms with Crippen LogP contribution >= 0.6 is 22.9 Å². The Morgan fingerprint density at radius 2 is 2.25 bits per heavy atom. The van der Waals surface area contributed by atoms with Gasteiger partial charge in [0.05, 0.1) is 28.3 Å². The van der Waals surface area contributed by atoms with Crippen LogP contribution in [0, 0.1) is 0 Å². The molecule has 2 rings (SSSR count). The number of hydrogen-bond donors (Lipinski definition) is 1. The fourth-order valence-corrected chi connectivity index (χ4v) is 2.02. The van der Waals surface area contributed by atoms with Crippen molar-refractivity contribution in [2.75, 3.05) is 0 Å². The van der Waals surface area contributed by atoms with Crippen LogP contribution in [0.15, 0.2) is 35.2 Å². The van der Waals surface area contributed by atoms with E-state index in [0.29, 0.717) is 17.1 Å². The van der Waals surface area contributed by atoms with Crippen LogP contribution in [0.3, 0.4) is 0 Å². The Balaban J connectivity index is 2.01. The lowest BCUT2D eigenvalue weighted by Crippen LogP contribution is -2.23. The number of carbonyl (C=O) groups excluding carboxylic acids is 1. The van der Waals surface area contributed by atoms with E-state index in [-0.39, 0.29) is 5.91 Å². The van der Waals surface area contributed by atoms with Gasteiger partial charge in [0, 0.05) is 5.38 Å². The van der Waals surface area contributed by atoms with Crippen molar-refractivity contribution in [1.29, 1.82) is 0 Å². The van der Waals surface area contributed by atoms with E-state index in [2.05, 4.69) is 10.3 Å². The van der Waals surface area contributed by atoms with Crippen molar-refractivity contribution in [3.05, 3.63) is 51.4 Å². The Morgan fingerprint density at radius 3 is 2.94 bits per heavy atom. The average molecular weight is 253 g/mol. The molecule has 0 saturated heterocycles. The summed E-state index contributed by atoms with van der Waals surface area (Å²) < 4.78 is 0. The molecule has 16 heavy (non-hydrogen) atoms. The average Bonchev–Trinajstić information content (AvgIpc) is 2.79. The second-order valence-corrected chi connectivity index (χ2v) is 4.27. The molecule has 2 aromatic rings. The number of thiazole rings is 1. The summed E-state index contributed by atoms with van der Waals surface area (Å²) in [5.74, 6) is -0.182. The molecule has 1 aromatic carbocycles. The highest BCUT2D eigenvalue weighted by molar-refractivity contribution is 7.07. The topological polar surface area (TPSA) is 42.0 Å². The second kappa shape index (κ2) is 5.09. The Hall–Kier alpha value is -1.39. The minimum absolute atomic E-state index is 0.182. The molecule has 0 unspecified atom stereocenters. The van der Waals surface area contributed by atoms with E-state index in [1.165, 1.54) is 11.3 Å². The van der Waals surface area contributed by atoms with Crippen LogP contribution in [0.4, 0.5) is 0 Å². The summed E-state index contributed by atoms with van der Waals surface area (Å²) in [5, 5.41) is 5.12. The first kappa shape index (κ1) is 11.1. The minimum atomic E-state index is -0.182. The van der Waals surface area contributed by atoms with Gasteiger partial charge in [-0.05, 0) is 12.1 Å². The molecule has 0 fully saturated rings. The molecular weight excluding hydrogens is 244 g/mol. The largest absolute Gasteiger partial charge is 0.346 e. The molecule has 0 bridgehead atoms. The normalized spacial score (nSPS) is 10.1. The molecule has 1 N–H and O–H groups in total. The van der Waals surface area contributed by atoms with Gasteiger partial charge in [-0.3, -0.25) is 4.79 Å². The first-order chi connectivity index (χ1) is 7.77. The van der Waals surface area contributed by atoms with Gasteiger partial charge < -0.3 is 5.32 Å². The van der Waals surface area contributed by atoms with Crippen LogP contribution in [-0.2, 0) is 6.54 Å². The molecule has 1 aromatic heterocycles. The van der Waals surface area contributed by atoms with Gasteiger partial charge in [0.1, 0.15) is 0 Å². The van der Waals surface area contributed by atoms with Crippen molar-refractivity contribution in [3.63, 3.8) is 0 Å². The van der Waals surface area contributed by atoms with E-state index in [1.807, 2.05) is 5.38 Å². The maximum Gasteiger partial charge on any atom is 0.253 e. The summed E-state index contributed by atoms with van der Waals surface area (Å²) in [6.07, 6.45) is 0. The highest BCUT2D eigenvalue weighted by Crippen LogP contribution is 2.14. The monoisotopic (exact) mass is 252 g/mol. The van der Waals surface area contributed by atoms with Crippen molar-refractivity contribution in [3.8, 4) is 0 Å². The van der Waals surface area contributed by atoms with Crippen LogP contribution in [0.2, 0.25) is 5.02 Å². The van der Waals surface area contributed by atoms with Crippen LogP contribution < -0.4 is 5.32 Å². The van der Waals surface area contributed by atoms with Gasteiger partial charge >= 0.3 is 0 Å². The maximum absolute atomic E-state index is 11.7. The van der Waals surface area contributed by atoms with Gasteiger partial charge in [0.25, 0.3) is 5.91 Å². The van der Waals surface area contributed by atoms with Gasteiger partial charge in [-0.25, -0.2) is 4.98 Å². The molecule has 0 aliphatic heterocycles. The molecule has 82 valence electrons. The van der Waals surface area contributed by atoms with Crippen molar-refractivity contribution in [1.82, 2.24) is 10.3 Å². The second-order valence-electron chi connectivity index (χ2n) is 3.14. The highest BCUT2D eigenvalue weighted by atomic mass is 35.5. The summed E-state index contributed by atoms with van der Waals surface area (Å²) >= 11 is 7.41. The lowest BCUT2D eigenvalue weighted by molar-refractivity contribution is 0.0950. The summed E-state index contributed by atoms with van der Waals surface area (Å²) in [7, 11) is 0. The zero-order valence-electron chi connectivity index (χ0n) is 8.31. The fraction of sp³-hybridized carbons (Fsp3) is 0.0909. The van der Waals surface area contributed by atoms with Gasteiger partial charge in [-0.2, -0.15) is 0 Å². The molecule has 3 nitrogen and oxygen atoms in total. The smallest absolute Gasteiger partial charge is 0.253 e. The van der Waals surface area contributed by atoms with E-state index in [4.69, 9.17) is 11.6 Å². The molecule has 0 saturated carbocycles. The highest BCUT2D eigenvalue weighted by Gasteiger charge is 2.08. The first-order valence-electron chi connectivity index (χ1n) is 4.67. The predicted octanol–water partition coefficient (Wildman–Crippen LogP) is 2.73. The van der Waals surface area contributed by atoms with E-state index in [9.17, 15) is 4.79 Å². The van der Waals surface area contributed by atoms with E-state index < -0.39 is 0 Å². The first-order valence-corrected chi connectivity index (χ1v) is 5.99. The Morgan fingerprint density at radius 1 is 1.44 bits per heavy atom. The summed E-state index contributed by atoms with van der Waals surface area (Å²) in [5.41, 5.74) is 3.07. The maximum atomic E-state index is 11.7. The predicted molar refractivity (Wildman–Crippen MR) is 64.7 cm³/mol. The Kier molecular flexibility index (Phi) is 3.54. The van der Waals surface area contributed by atoms with E-state index >= 15 is 0 Å². The summed E-state index contributed by atoms with van der Waals surface area (Å²) in [6, 6.07) is 6.96. The van der Waals surface area contributed by atoms with Crippen molar-refractivity contribution >= 4 is 28.8 Å². The van der Waals surface area contributed by atoms with Gasteiger partial charge in [0.15, 0.2) is 0 Å². The number of hydrogen-bond acceptors (Lipinski definition) is 3. The Labute approximate surface area is 102 Å². The molecule has 5 heteroatoms. The van der Waals surface area contributed by atoms with Crippen LogP contribution in [0.5, 0.6) is 0 Å². The van der Waals surface area contributed by atoms with Crippen molar-refractivity contribution in [2.45, 2.75) is 6.54 Å². The zero-order valence-corrected chi connectivity index (χ0v) is 9.89. The molecule has 0 atom stereocenters. The number of amides is 1. The zero-order chi connectivity index (χ0) is 11.4. The quantitative estimate of drug-likeness (QED) is 0.913. The van der Waals surface area contributed by atoms with Gasteiger partial charge in [-0.15, -0.1) is 11.3 Å². The lowest BCUT2D eigenvalue weighted by Gasteiger charge is -2.04. The number of rotatable bonds is 3. The van der Waals surface area contributed by atoms with Crippen LogP contribution in [-0.4, -0.2) is 10.9 Å². The van der Waals surface area contributed by atoms with Gasteiger partial charge in [0.2, 0.25) is 0 Å². The number of carbonyl (C=O) groups is 1. The molecular formula is C11H9ClN2OS. The minimum Gasteiger partial charge on any atom is -0.346 e. The third kappa shape index (κ3) is 2.59. The van der Waals surface area contributed by atoms with Crippen molar-refractivity contribution in [2.24, 2.45) is 0 Å². The summed E-state index contributed by atoms with van der Waals surface area (Å²) in [6.45, 7) is 0.424. The van der Waals surface area contributed by atoms with Gasteiger partial charge in [-0.1, -0.05) is 23.7 Å². The third-order valence-electron chi connectivity index (χ3n) is 2.03. The number of nitrogens with zero attached hydrogens (tertiary/aromatic N) is 1. The number of benzene rings is 1. The number of halogens is 1. The van der Waals surface area contributed by atoms with E-state index in [0.717, 1.165) is 5.69 Å². The van der Waals surface area contributed by atoms with Crippen LogP contribution in [0.25, 0.3) is 0 Å². The molecule has 0 spiro atoms. The van der Waals surface area contributed by atoms with E-state index in [1.54, 1.807) is 29.8 Å².